The number of unbranched alkanes of at least 4 members (excludes halogenated alkanes) is 15. The van der Waals surface area contributed by atoms with E-state index in [4.69, 9.17) is 4.74 Å². The summed E-state index contributed by atoms with van der Waals surface area (Å²) < 4.78 is 4.95. The Labute approximate surface area is 171 Å². The summed E-state index contributed by atoms with van der Waals surface area (Å²) in [5.74, 6) is -0.0837. The number of hydrogen-bond acceptors (Lipinski definition) is 2. The van der Waals surface area contributed by atoms with Gasteiger partial charge in [-0.25, -0.2) is 0 Å². The maximum absolute atomic E-state index is 11.3. The maximum atomic E-state index is 11.3. The lowest BCUT2D eigenvalue weighted by Crippen LogP contribution is -2.03. The minimum Gasteiger partial charge on any atom is -0.461 e. The minimum atomic E-state index is -0.0837. The molecule has 0 aliphatic carbocycles. The zero-order chi connectivity index (χ0) is 20.4. The molecular weight excluding hydrogens is 332 g/mol. The Morgan fingerprint density at radius 1 is 0.630 bits per heavy atom. The van der Waals surface area contributed by atoms with Crippen LogP contribution in [0.15, 0.2) is 12.7 Å². The summed E-state index contributed by atoms with van der Waals surface area (Å²) in [4.78, 5) is 11.3. The lowest BCUT2D eigenvalue weighted by atomic mass is 10.0. The highest BCUT2D eigenvalue weighted by Gasteiger charge is 2.00. The van der Waals surface area contributed by atoms with Crippen molar-refractivity contribution in [1.82, 2.24) is 0 Å². The summed E-state index contributed by atoms with van der Waals surface area (Å²) in [7, 11) is 0. The van der Waals surface area contributed by atoms with Gasteiger partial charge in [0.2, 0.25) is 0 Å². The lowest BCUT2D eigenvalue weighted by Gasteiger charge is -2.04. The number of carbonyl (C=O) groups is 1. The number of ether oxygens (including phenoxy) is 1. The fourth-order valence-corrected chi connectivity index (χ4v) is 2.86. The van der Waals surface area contributed by atoms with Crippen LogP contribution in [0, 0.1) is 0 Å². The van der Waals surface area contributed by atoms with Gasteiger partial charge in [-0.05, 0) is 6.42 Å². The molecule has 0 fully saturated rings. The Bertz CT molecular complexity index is 284. The number of rotatable bonds is 19. The first-order valence-corrected chi connectivity index (χ1v) is 12.0. The van der Waals surface area contributed by atoms with E-state index < -0.39 is 0 Å². The lowest BCUT2D eigenvalue weighted by molar-refractivity contribution is -0.142. The summed E-state index contributed by atoms with van der Waals surface area (Å²) in [6.07, 6.45) is 25.0. The number of carbonyl (C=O) groups excluding carboxylic acids is 1. The Hall–Kier alpha value is -0.790. The predicted molar refractivity (Wildman–Crippen MR) is 121 cm³/mol. The van der Waals surface area contributed by atoms with E-state index in [0.717, 1.165) is 12.8 Å². The second-order valence-electron chi connectivity index (χ2n) is 7.67. The Morgan fingerprint density at radius 2 is 1.00 bits per heavy atom. The van der Waals surface area contributed by atoms with E-state index in [9.17, 15) is 4.79 Å². The molecule has 0 bridgehead atoms. The molecule has 0 unspecified atom stereocenters. The van der Waals surface area contributed by atoms with E-state index in [1.54, 1.807) is 6.08 Å². The monoisotopic (exact) mass is 382 g/mol. The van der Waals surface area contributed by atoms with Crippen molar-refractivity contribution >= 4 is 5.97 Å². The average molecular weight is 383 g/mol. The van der Waals surface area contributed by atoms with Crippen molar-refractivity contribution in [3.8, 4) is 0 Å². The molecule has 27 heavy (non-hydrogen) atoms. The van der Waals surface area contributed by atoms with Crippen LogP contribution in [-0.2, 0) is 9.53 Å². The quantitative estimate of drug-likeness (QED) is 0.127. The van der Waals surface area contributed by atoms with E-state index in [0.29, 0.717) is 13.0 Å². The fourth-order valence-electron chi connectivity index (χ4n) is 2.86. The van der Waals surface area contributed by atoms with Crippen LogP contribution < -0.4 is 0 Å². The second-order valence-corrected chi connectivity index (χ2v) is 7.67. The zero-order valence-corrected chi connectivity index (χ0v) is 19.0. The fraction of sp³-hybridized carbons (Fsp3) is 0.880. The van der Waals surface area contributed by atoms with Crippen molar-refractivity contribution in [2.45, 2.75) is 136 Å². The number of hydrogen-bond donors (Lipinski definition) is 0. The molecule has 0 radical (unpaired) electrons. The van der Waals surface area contributed by atoms with Gasteiger partial charge in [-0.3, -0.25) is 4.79 Å². The molecule has 0 aromatic carbocycles. The van der Waals surface area contributed by atoms with Crippen LogP contribution in [-0.4, -0.2) is 12.6 Å². The van der Waals surface area contributed by atoms with Crippen LogP contribution >= 0.6 is 0 Å². The van der Waals surface area contributed by atoms with Crippen LogP contribution in [0.2, 0.25) is 0 Å². The summed E-state index contributed by atoms with van der Waals surface area (Å²) in [5.41, 5.74) is 0. The predicted octanol–water partition coefficient (Wildman–Crippen LogP) is 8.78. The molecule has 0 spiro atoms. The van der Waals surface area contributed by atoms with Crippen molar-refractivity contribution in [2.75, 3.05) is 6.61 Å². The molecule has 0 aliphatic rings. The van der Waals surface area contributed by atoms with Crippen molar-refractivity contribution < 1.29 is 9.53 Å². The van der Waals surface area contributed by atoms with E-state index >= 15 is 0 Å². The van der Waals surface area contributed by atoms with E-state index in [1.165, 1.54) is 96.3 Å². The molecule has 2 heteroatoms. The van der Waals surface area contributed by atoms with Crippen molar-refractivity contribution in [2.24, 2.45) is 0 Å². The largest absolute Gasteiger partial charge is 0.461 e. The van der Waals surface area contributed by atoms with Gasteiger partial charge in [0.1, 0.15) is 6.61 Å². The third-order valence-electron chi connectivity index (χ3n) is 4.85. The summed E-state index contributed by atoms with van der Waals surface area (Å²) in [6.45, 7) is 10.5. The van der Waals surface area contributed by atoms with E-state index in [2.05, 4.69) is 27.4 Å². The molecule has 0 rings (SSSR count). The van der Waals surface area contributed by atoms with Crippen LogP contribution in [0.25, 0.3) is 0 Å². The van der Waals surface area contributed by atoms with Gasteiger partial charge in [-0.1, -0.05) is 136 Å². The van der Waals surface area contributed by atoms with Crippen molar-refractivity contribution in [3.63, 3.8) is 0 Å². The third-order valence-corrected chi connectivity index (χ3v) is 4.85. The summed E-state index contributed by atoms with van der Waals surface area (Å²) in [6, 6.07) is 0. The molecule has 0 heterocycles. The summed E-state index contributed by atoms with van der Waals surface area (Å²) in [5, 5.41) is 0. The average Bonchev–Trinajstić information content (AvgIpc) is 2.69. The third kappa shape index (κ3) is 30.2. The Morgan fingerprint density at radius 3 is 1.33 bits per heavy atom. The van der Waals surface area contributed by atoms with E-state index in [-0.39, 0.29) is 5.97 Å². The van der Waals surface area contributed by atoms with Gasteiger partial charge in [0.25, 0.3) is 0 Å². The first-order chi connectivity index (χ1) is 13.2. The van der Waals surface area contributed by atoms with Gasteiger partial charge >= 0.3 is 5.97 Å². The normalized spacial score (nSPS) is 10.2. The number of esters is 1. The van der Waals surface area contributed by atoms with Crippen molar-refractivity contribution in [3.05, 3.63) is 12.7 Å². The SMILES string of the molecule is C=CCOC(=O)CCCCCCCCCCCCCCCCC.CCCC. The van der Waals surface area contributed by atoms with Crippen LogP contribution in [0.1, 0.15) is 136 Å². The highest BCUT2D eigenvalue weighted by atomic mass is 16.5. The molecule has 0 amide bonds. The van der Waals surface area contributed by atoms with Gasteiger partial charge < -0.3 is 4.74 Å². The van der Waals surface area contributed by atoms with Crippen LogP contribution in [0.4, 0.5) is 0 Å². The molecule has 162 valence electrons. The highest BCUT2D eigenvalue weighted by Crippen LogP contribution is 2.13. The van der Waals surface area contributed by atoms with Gasteiger partial charge in [0.05, 0.1) is 0 Å². The second kappa shape index (κ2) is 27.4. The molecule has 0 N–H and O–H groups in total. The maximum Gasteiger partial charge on any atom is 0.306 e. The molecule has 0 aromatic heterocycles. The van der Waals surface area contributed by atoms with Crippen molar-refractivity contribution in [1.29, 1.82) is 0 Å². The van der Waals surface area contributed by atoms with Gasteiger partial charge in [0, 0.05) is 6.42 Å². The minimum absolute atomic E-state index is 0.0837. The van der Waals surface area contributed by atoms with Gasteiger partial charge in [0.15, 0.2) is 0 Å². The Kier molecular flexibility index (Phi) is 28.9. The zero-order valence-electron chi connectivity index (χ0n) is 19.0. The molecule has 0 aromatic rings. The molecule has 0 saturated carbocycles. The molecule has 0 aliphatic heterocycles. The Balaban J connectivity index is 0. The standard InChI is InChI=1S/C21H40O2.C4H10/c1-3-5-6-7-8-9-10-11-12-13-14-15-16-17-18-19-21(22)23-20-4-2;1-3-4-2/h4H,2-3,5-20H2,1H3;3-4H2,1-2H3. The summed E-state index contributed by atoms with van der Waals surface area (Å²) >= 11 is 0. The molecule has 2 nitrogen and oxygen atoms in total. The first kappa shape index (κ1) is 28.4. The molecule has 0 atom stereocenters. The van der Waals surface area contributed by atoms with Crippen LogP contribution in [0.5, 0.6) is 0 Å². The molecular formula is C25H50O2. The highest BCUT2D eigenvalue weighted by molar-refractivity contribution is 5.69. The van der Waals surface area contributed by atoms with Crippen LogP contribution in [0.3, 0.4) is 0 Å². The van der Waals surface area contributed by atoms with Gasteiger partial charge in [-0.15, -0.1) is 0 Å². The molecule has 0 saturated heterocycles. The van der Waals surface area contributed by atoms with E-state index in [1.807, 2.05) is 0 Å². The smallest absolute Gasteiger partial charge is 0.306 e. The first-order valence-electron chi connectivity index (χ1n) is 12.0. The van der Waals surface area contributed by atoms with Gasteiger partial charge in [-0.2, -0.15) is 0 Å². The topological polar surface area (TPSA) is 26.3 Å².